The third kappa shape index (κ3) is 0.844. The molecule has 3 nitrogen and oxygen atoms in total. The Hall–Kier alpha value is -0.900. The summed E-state index contributed by atoms with van der Waals surface area (Å²) in [6, 6.07) is 8.70. The van der Waals surface area contributed by atoms with E-state index in [1.165, 1.54) is 11.1 Å². The van der Waals surface area contributed by atoms with E-state index in [4.69, 9.17) is 9.47 Å². The molecule has 2 heterocycles. The summed E-state index contributed by atoms with van der Waals surface area (Å²) >= 11 is 0. The van der Waals surface area contributed by atoms with E-state index in [2.05, 4.69) is 45.0 Å². The molecule has 116 valence electrons. The van der Waals surface area contributed by atoms with Crippen LogP contribution in [-0.2, 0) is 20.7 Å². The second-order valence-corrected chi connectivity index (χ2v) is 8.90. The van der Waals surface area contributed by atoms with Crippen molar-refractivity contribution in [3.05, 3.63) is 35.4 Å². The third-order valence-electron chi connectivity index (χ3n) is 8.40. The van der Waals surface area contributed by atoms with Crippen molar-refractivity contribution >= 4 is 0 Å². The van der Waals surface area contributed by atoms with E-state index in [0.29, 0.717) is 5.92 Å². The lowest BCUT2D eigenvalue weighted by atomic mass is 9.58. The van der Waals surface area contributed by atoms with E-state index in [1.54, 1.807) is 0 Å². The summed E-state index contributed by atoms with van der Waals surface area (Å²) < 4.78 is 12.6. The standard InChI is InChI=1S/C19H22O3/c1-15(2)13-8-14(20)16(15,3)18-9-17(10-21-17)11-6-4-5-7-12(11)19(13,18)22-18/h4-7,13-14,20H,8-10H2,1-3H3/t13-,14+,16+,17+,18+,19-/m1/s1. The number of epoxide rings is 2. The van der Waals surface area contributed by atoms with Gasteiger partial charge in [-0.3, -0.25) is 0 Å². The van der Waals surface area contributed by atoms with Gasteiger partial charge in [0.25, 0.3) is 0 Å². The third-order valence-corrected chi connectivity index (χ3v) is 8.40. The summed E-state index contributed by atoms with van der Waals surface area (Å²) in [7, 11) is 0. The smallest absolute Gasteiger partial charge is 0.127 e. The van der Waals surface area contributed by atoms with Gasteiger partial charge < -0.3 is 14.6 Å². The molecule has 22 heavy (non-hydrogen) atoms. The largest absolute Gasteiger partial charge is 0.392 e. The van der Waals surface area contributed by atoms with Crippen LogP contribution in [0.25, 0.3) is 0 Å². The Balaban J connectivity index is 1.69. The van der Waals surface area contributed by atoms with Crippen molar-refractivity contribution in [1.29, 1.82) is 0 Å². The molecule has 2 saturated heterocycles. The highest BCUT2D eigenvalue weighted by molar-refractivity contribution is 5.56. The fraction of sp³-hybridized carbons (Fsp3) is 0.684. The zero-order valence-corrected chi connectivity index (χ0v) is 13.3. The molecule has 0 aromatic heterocycles. The van der Waals surface area contributed by atoms with Gasteiger partial charge in [0.05, 0.1) is 12.7 Å². The first-order chi connectivity index (χ1) is 10.4. The molecule has 1 spiro atoms. The molecule has 6 atom stereocenters. The van der Waals surface area contributed by atoms with Crippen LogP contribution in [0.2, 0.25) is 0 Å². The molecule has 6 rings (SSSR count). The average Bonchev–Trinajstić information content (AvgIpc) is 3.37. The molecule has 3 aliphatic carbocycles. The number of aliphatic hydroxyl groups excluding tert-OH is 1. The number of fused-ring (bicyclic) bond motifs is 4. The van der Waals surface area contributed by atoms with Crippen LogP contribution in [0, 0.1) is 16.7 Å². The van der Waals surface area contributed by atoms with Crippen LogP contribution in [-0.4, -0.2) is 23.4 Å². The quantitative estimate of drug-likeness (QED) is 0.749. The molecule has 4 fully saturated rings. The van der Waals surface area contributed by atoms with Crippen LogP contribution < -0.4 is 0 Å². The molecule has 2 bridgehead atoms. The molecule has 0 unspecified atom stereocenters. The molecule has 3 heteroatoms. The first-order valence-electron chi connectivity index (χ1n) is 8.48. The van der Waals surface area contributed by atoms with E-state index < -0.39 is 0 Å². The van der Waals surface area contributed by atoms with Gasteiger partial charge in [-0.15, -0.1) is 0 Å². The first-order valence-corrected chi connectivity index (χ1v) is 8.48. The Morgan fingerprint density at radius 1 is 1.14 bits per heavy atom. The number of hydrogen-bond acceptors (Lipinski definition) is 3. The Bertz CT molecular complexity index is 736. The van der Waals surface area contributed by atoms with Gasteiger partial charge in [-0.05, 0) is 23.0 Å². The summed E-state index contributed by atoms with van der Waals surface area (Å²) in [4.78, 5) is 0. The SMILES string of the molecule is CC1(C)[C@H]2C[C@H](O)[C@]1(C)[C@@]13C[C@]4(CO4)c4ccccc4[C@@]21O3. The number of hydrogen-bond donors (Lipinski definition) is 1. The predicted octanol–water partition coefficient (Wildman–Crippen LogP) is 2.71. The Morgan fingerprint density at radius 2 is 1.82 bits per heavy atom. The first kappa shape index (κ1) is 12.5. The van der Waals surface area contributed by atoms with Crippen LogP contribution in [0.1, 0.15) is 44.7 Å². The number of rotatable bonds is 0. The Morgan fingerprint density at radius 3 is 2.50 bits per heavy atom. The van der Waals surface area contributed by atoms with Crippen LogP contribution in [0.4, 0.5) is 0 Å². The summed E-state index contributed by atoms with van der Waals surface area (Å²) in [6.45, 7) is 7.72. The lowest BCUT2D eigenvalue weighted by Crippen LogP contribution is -2.52. The average molecular weight is 298 g/mol. The lowest BCUT2D eigenvalue weighted by molar-refractivity contribution is -0.0717. The van der Waals surface area contributed by atoms with E-state index in [1.807, 2.05) is 0 Å². The Labute approximate surface area is 130 Å². The monoisotopic (exact) mass is 298 g/mol. The van der Waals surface area contributed by atoms with Crippen LogP contribution >= 0.6 is 0 Å². The highest BCUT2D eigenvalue weighted by Crippen LogP contribution is 2.90. The summed E-state index contributed by atoms with van der Waals surface area (Å²) in [5, 5.41) is 10.9. The molecule has 1 aromatic carbocycles. The number of ether oxygens (including phenoxy) is 2. The van der Waals surface area contributed by atoms with Crippen molar-refractivity contribution < 1.29 is 14.6 Å². The molecule has 1 N–H and O–H groups in total. The van der Waals surface area contributed by atoms with E-state index >= 15 is 0 Å². The zero-order chi connectivity index (χ0) is 15.2. The van der Waals surface area contributed by atoms with Crippen LogP contribution in [0.3, 0.4) is 0 Å². The molecule has 2 saturated carbocycles. The van der Waals surface area contributed by atoms with Crippen molar-refractivity contribution in [2.75, 3.05) is 6.61 Å². The maximum absolute atomic E-state index is 10.9. The molecular weight excluding hydrogens is 276 g/mol. The van der Waals surface area contributed by atoms with Crippen LogP contribution in [0.5, 0.6) is 0 Å². The minimum Gasteiger partial charge on any atom is -0.392 e. The van der Waals surface area contributed by atoms with Gasteiger partial charge in [0, 0.05) is 17.8 Å². The molecule has 2 aliphatic heterocycles. The zero-order valence-electron chi connectivity index (χ0n) is 13.3. The van der Waals surface area contributed by atoms with Crippen molar-refractivity contribution in [3.63, 3.8) is 0 Å². The molecule has 1 aromatic rings. The molecule has 0 amide bonds. The molecule has 5 aliphatic rings. The van der Waals surface area contributed by atoms with Gasteiger partial charge in [-0.25, -0.2) is 0 Å². The van der Waals surface area contributed by atoms with Crippen molar-refractivity contribution in [2.24, 2.45) is 16.7 Å². The van der Waals surface area contributed by atoms with Crippen molar-refractivity contribution in [1.82, 2.24) is 0 Å². The topological polar surface area (TPSA) is 45.3 Å². The summed E-state index contributed by atoms with van der Waals surface area (Å²) in [5.41, 5.74) is 1.99. The maximum atomic E-state index is 10.9. The second-order valence-electron chi connectivity index (χ2n) is 8.90. The van der Waals surface area contributed by atoms with Gasteiger partial charge in [0.2, 0.25) is 0 Å². The van der Waals surface area contributed by atoms with Gasteiger partial charge >= 0.3 is 0 Å². The number of benzene rings is 1. The fourth-order valence-electron chi connectivity index (χ4n) is 6.96. The minimum atomic E-state index is -0.274. The van der Waals surface area contributed by atoms with Gasteiger partial charge in [0.1, 0.15) is 16.8 Å². The molecule has 0 radical (unpaired) electrons. The fourth-order valence-corrected chi connectivity index (χ4v) is 6.96. The van der Waals surface area contributed by atoms with Gasteiger partial charge in [-0.1, -0.05) is 45.0 Å². The van der Waals surface area contributed by atoms with Gasteiger partial charge in [0.15, 0.2) is 0 Å². The van der Waals surface area contributed by atoms with Gasteiger partial charge in [-0.2, -0.15) is 0 Å². The summed E-state index contributed by atoms with van der Waals surface area (Å²) in [6.07, 6.45) is 1.49. The lowest BCUT2D eigenvalue weighted by Gasteiger charge is -2.44. The van der Waals surface area contributed by atoms with Crippen LogP contribution in [0.15, 0.2) is 24.3 Å². The number of aliphatic hydroxyl groups is 1. The van der Waals surface area contributed by atoms with E-state index in [0.717, 1.165) is 19.4 Å². The highest BCUT2D eigenvalue weighted by atomic mass is 16.7. The maximum Gasteiger partial charge on any atom is 0.127 e. The predicted molar refractivity (Wildman–Crippen MR) is 80.2 cm³/mol. The van der Waals surface area contributed by atoms with E-state index in [-0.39, 0.29) is 33.7 Å². The summed E-state index contributed by atoms with van der Waals surface area (Å²) in [5.74, 6) is 0.386. The highest BCUT2D eigenvalue weighted by Gasteiger charge is 2.96. The molecular formula is C19H22O3. The Kier molecular flexibility index (Phi) is 1.66. The second kappa shape index (κ2) is 2.92. The normalized spacial score (nSPS) is 58.2. The van der Waals surface area contributed by atoms with Crippen molar-refractivity contribution in [3.8, 4) is 0 Å². The minimum absolute atomic E-state index is 0.0815. The van der Waals surface area contributed by atoms with E-state index in [9.17, 15) is 5.11 Å². The van der Waals surface area contributed by atoms with Crippen molar-refractivity contribution in [2.45, 2.75) is 56.5 Å².